The maximum absolute atomic E-state index is 9.59. The molecule has 0 saturated heterocycles. The molecule has 0 aromatic carbocycles. The normalized spacial score (nSPS) is 8.42. The molecule has 0 atom stereocenters. The van der Waals surface area contributed by atoms with E-state index in [1.54, 1.807) is 0 Å². The van der Waals surface area contributed by atoms with Crippen LogP contribution in [0.1, 0.15) is 0 Å². The van der Waals surface area contributed by atoms with Gasteiger partial charge in [0.2, 0.25) is 0 Å². The maximum Gasteiger partial charge on any atom is 4.00 e. The first-order chi connectivity index (χ1) is 8.25. The summed E-state index contributed by atoms with van der Waals surface area (Å²) in [6, 6.07) is 0. The first kappa shape index (κ1) is 22.8. The average molecular weight is 353 g/mol. The third kappa shape index (κ3) is 31.5. The van der Waals surface area contributed by atoms with Gasteiger partial charge in [-0.15, -0.1) is 0 Å². The minimum absolute atomic E-state index is 0. The molecule has 0 fully saturated rings. The van der Waals surface area contributed by atoms with Gasteiger partial charge in [0.15, 0.2) is 0 Å². The molecule has 10 nitrogen and oxygen atoms in total. The Balaban J connectivity index is -0.000000256. The Bertz CT molecular complexity index is 251. The van der Waals surface area contributed by atoms with Gasteiger partial charge in [0, 0.05) is 26.2 Å². The van der Waals surface area contributed by atoms with Crippen LogP contribution in [0.2, 0.25) is 0 Å². The largest absolute Gasteiger partial charge is 4.00 e. The number of carbonyl (C=O) groups excluding carboxylic acids is 4. The van der Waals surface area contributed by atoms with Crippen LogP contribution in [0.3, 0.4) is 0 Å². The van der Waals surface area contributed by atoms with Crippen molar-refractivity contribution >= 4 is 23.9 Å². The van der Waals surface area contributed by atoms with E-state index in [9.17, 15) is 39.6 Å². The molecule has 0 rings (SSSR count). The van der Waals surface area contributed by atoms with E-state index in [1.165, 1.54) is 0 Å². The number of aliphatic carboxylic acids is 4. The van der Waals surface area contributed by atoms with Crippen molar-refractivity contribution in [1.29, 1.82) is 0 Å². The van der Waals surface area contributed by atoms with E-state index in [1.807, 2.05) is 0 Å². The molecule has 0 unspecified atom stereocenters. The first-order valence-corrected chi connectivity index (χ1v) is 4.46. The Morgan fingerprint density at radius 1 is 0.579 bits per heavy atom. The molecule has 0 heterocycles. The van der Waals surface area contributed by atoms with Gasteiger partial charge in [-0.25, -0.2) is 0 Å². The van der Waals surface area contributed by atoms with Crippen molar-refractivity contribution in [3.63, 3.8) is 0 Å². The molecule has 0 amide bonds. The number of rotatable bonds is 8. The summed E-state index contributed by atoms with van der Waals surface area (Å²) in [5.74, 6) is -5.35. The van der Waals surface area contributed by atoms with E-state index in [0.29, 0.717) is 0 Å². The summed E-state index contributed by atoms with van der Waals surface area (Å²) in [4.78, 5) is 38.4. The van der Waals surface area contributed by atoms with E-state index in [-0.39, 0.29) is 26.2 Å². The zero-order chi connectivity index (χ0) is 14.6. The van der Waals surface area contributed by atoms with Crippen molar-refractivity contribution in [2.75, 3.05) is 26.2 Å². The molecule has 0 saturated carbocycles. The Labute approximate surface area is 126 Å². The fraction of sp³-hybridized carbons (Fsp3) is 0.500. The second-order valence-corrected chi connectivity index (χ2v) is 2.70. The van der Waals surface area contributed by atoms with Crippen molar-refractivity contribution < 1.29 is 65.8 Å². The molecular formula is C8H10N2O8Zr. The Morgan fingerprint density at radius 2 is 0.737 bits per heavy atom. The van der Waals surface area contributed by atoms with Crippen molar-refractivity contribution in [2.45, 2.75) is 0 Å². The third-order valence-electron chi connectivity index (χ3n) is 1.08. The van der Waals surface area contributed by atoms with Gasteiger partial charge in [-0.1, -0.05) is 0 Å². The van der Waals surface area contributed by atoms with E-state index in [4.69, 9.17) is 0 Å². The number of hydrogen-bond donors (Lipinski definition) is 2. The van der Waals surface area contributed by atoms with Crippen LogP contribution in [0.25, 0.3) is 0 Å². The van der Waals surface area contributed by atoms with Gasteiger partial charge < -0.3 is 50.2 Å². The van der Waals surface area contributed by atoms with E-state index >= 15 is 0 Å². The summed E-state index contributed by atoms with van der Waals surface area (Å²) < 4.78 is 0. The third-order valence-corrected chi connectivity index (χ3v) is 1.08. The summed E-state index contributed by atoms with van der Waals surface area (Å²) in [6.45, 7) is -1.86. The Morgan fingerprint density at radius 3 is 0.842 bits per heavy atom. The molecule has 19 heavy (non-hydrogen) atoms. The van der Waals surface area contributed by atoms with Crippen LogP contribution in [0, 0.1) is 0 Å². The molecule has 0 radical (unpaired) electrons. The fourth-order valence-corrected chi connectivity index (χ4v) is 0.533. The summed E-state index contributed by atoms with van der Waals surface area (Å²) in [5.41, 5.74) is 0. The summed E-state index contributed by atoms with van der Waals surface area (Å²) in [5, 5.41) is 42.5. The number of carbonyl (C=O) groups is 4. The van der Waals surface area contributed by atoms with Gasteiger partial charge in [-0.3, -0.25) is 0 Å². The topological polar surface area (TPSA) is 185 Å². The predicted molar refractivity (Wildman–Crippen MR) is 45.8 cm³/mol. The number of carboxylic acid groups (broad SMARTS) is 4. The smallest absolute Gasteiger partial charge is 0.549 e. The summed E-state index contributed by atoms with van der Waals surface area (Å²) in [6.07, 6.45) is 0. The minimum Gasteiger partial charge on any atom is -0.549 e. The second-order valence-electron chi connectivity index (χ2n) is 2.70. The molecule has 0 bridgehead atoms. The molecule has 0 aliphatic rings. The molecule has 0 aromatic rings. The maximum atomic E-state index is 9.59. The van der Waals surface area contributed by atoms with Crippen LogP contribution in [0.4, 0.5) is 0 Å². The van der Waals surface area contributed by atoms with Gasteiger partial charge >= 0.3 is 26.2 Å². The van der Waals surface area contributed by atoms with Crippen LogP contribution in [0.5, 0.6) is 0 Å². The average Bonchev–Trinajstić information content (AvgIpc) is 2.15. The predicted octanol–water partition coefficient (Wildman–Crippen LogP) is -7.85. The van der Waals surface area contributed by atoms with Crippen LogP contribution >= 0.6 is 0 Å². The standard InChI is InChI=1S/2C4H7NO4.Zr/c2*6-3(7)1-5-2-4(8)9;/h2*5H,1-2H2,(H,6,7)(H,8,9);/q;;+4/p-4. The Kier molecular flexibility index (Phi) is 17.7. The zero-order valence-corrected chi connectivity index (χ0v) is 12.1. The summed E-state index contributed by atoms with van der Waals surface area (Å²) >= 11 is 0. The fourth-order valence-electron chi connectivity index (χ4n) is 0.533. The van der Waals surface area contributed by atoms with Crippen molar-refractivity contribution in [3.05, 3.63) is 0 Å². The van der Waals surface area contributed by atoms with Gasteiger partial charge in [0.1, 0.15) is 0 Å². The molecular weight excluding hydrogens is 343 g/mol. The van der Waals surface area contributed by atoms with E-state index < -0.39 is 50.1 Å². The van der Waals surface area contributed by atoms with Gasteiger partial charge in [-0.2, -0.15) is 0 Å². The quantitative estimate of drug-likeness (QED) is 0.424. The number of hydrogen-bond acceptors (Lipinski definition) is 10. The molecule has 11 heteroatoms. The molecule has 0 aliphatic heterocycles. The van der Waals surface area contributed by atoms with E-state index in [0.717, 1.165) is 0 Å². The SMILES string of the molecule is O=C([O-])CNCC(=O)[O-].O=C([O-])CNCC(=O)[O-].[Zr+4]. The number of carboxylic acids is 4. The molecule has 0 aromatic heterocycles. The molecule has 0 aliphatic carbocycles. The monoisotopic (exact) mass is 352 g/mol. The van der Waals surface area contributed by atoms with Crippen molar-refractivity contribution in [1.82, 2.24) is 10.6 Å². The van der Waals surface area contributed by atoms with Crippen LogP contribution in [0.15, 0.2) is 0 Å². The molecule has 104 valence electrons. The molecule has 2 N–H and O–H groups in total. The van der Waals surface area contributed by atoms with Crippen LogP contribution in [-0.2, 0) is 45.4 Å². The van der Waals surface area contributed by atoms with E-state index in [2.05, 4.69) is 10.6 Å². The summed E-state index contributed by atoms with van der Waals surface area (Å²) in [7, 11) is 0. The van der Waals surface area contributed by atoms with Gasteiger partial charge in [-0.05, 0) is 0 Å². The van der Waals surface area contributed by atoms with Gasteiger partial charge in [0.05, 0.1) is 23.9 Å². The Hall–Kier alpha value is -1.32. The van der Waals surface area contributed by atoms with Crippen LogP contribution in [-0.4, -0.2) is 50.1 Å². The minimum atomic E-state index is -1.34. The molecule has 0 spiro atoms. The number of nitrogens with one attached hydrogen (secondary N) is 2. The van der Waals surface area contributed by atoms with Crippen molar-refractivity contribution in [3.8, 4) is 0 Å². The zero-order valence-electron chi connectivity index (χ0n) is 9.59. The van der Waals surface area contributed by atoms with Crippen LogP contribution < -0.4 is 31.1 Å². The van der Waals surface area contributed by atoms with Crippen molar-refractivity contribution in [2.24, 2.45) is 0 Å². The second kappa shape index (κ2) is 14.7. The van der Waals surface area contributed by atoms with Gasteiger partial charge in [0.25, 0.3) is 0 Å². The first-order valence-electron chi connectivity index (χ1n) is 4.46.